The van der Waals surface area contributed by atoms with E-state index in [2.05, 4.69) is 6.07 Å². The van der Waals surface area contributed by atoms with E-state index >= 15 is 0 Å². The molecule has 0 aliphatic carbocycles. The number of rotatable bonds is 5. The van der Waals surface area contributed by atoms with Crippen molar-refractivity contribution in [3.05, 3.63) is 29.8 Å². The van der Waals surface area contributed by atoms with Crippen molar-refractivity contribution >= 4 is 27.7 Å². The lowest BCUT2D eigenvalue weighted by molar-refractivity contribution is 0.0685. The highest BCUT2D eigenvalue weighted by atomic mass is 32.2. The number of carbonyl (C=O) groups is 1. The second-order valence-corrected chi connectivity index (χ2v) is 9.81. The van der Waals surface area contributed by atoms with Crippen molar-refractivity contribution in [2.24, 2.45) is 0 Å². The number of nitrogens with zero attached hydrogens (tertiary/aromatic N) is 3. The second kappa shape index (κ2) is 9.06. The zero-order valence-electron chi connectivity index (χ0n) is 15.0. The number of hydrogen-bond donors (Lipinski definition) is 0. The van der Waals surface area contributed by atoms with Crippen molar-refractivity contribution in [3.63, 3.8) is 0 Å². The molecule has 2 heterocycles. The first-order valence-electron chi connectivity index (χ1n) is 8.98. The maximum atomic E-state index is 12.9. The molecule has 27 heavy (non-hydrogen) atoms. The Morgan fingerprint density at radius 3 is 2.81 bits per heavy atom. The van der Waals surface area contributed by atoms with E-state index < -0.39 is 15.3 Å². The van der Waals surface area contributed by atoms with Crippen LogP contribution in [0.4, 0.5) is 0 Å². The lowest BCUT2D eigenvalue weighted by atomic mass is 10.1. The van der Waals surface area contributed by atoms with E-state index in [1.807, 2.05) is 6.07 Å². The number of hydrogen-bond acceptors (Lipinski definition) is 6. The molecule has 2 fully saturated rings. The molecule has 2 aliphatic heterocycles. The minimum atomic E-state index is -3.43. The number of piperidine rings is 1. The highest BCUT2D eigenvalue weighted by Crippen LogP contribution is 2.24. The molecule has 7 nitrogen and oxygen atoms in total. The molecule has 0 saturated carbocycles. The average Bonchev–Trinajstić information content (AvgIpc) is 2.72. The normalized spacial score (nSPS) is 21.6. The van der Waals surface area contributed by atoms with Gasteiger partial charge < -0.3 is 9.64 Å². The van der Waals surface area contributed by atoms with Crippen molar-refractivity contribution < 1.29 is 17.9 Å². The molecule has 2 aliphatic rings. The summed E-state index contributed by atoms with van der Waals surface area (Å²) in [5, 5.41) is 8.14. The SMILES string of the molecule is N#CCSc1cccc(C(=O)N2CCCC(S(=O)(=O)N3CCOCC3)C2)c1. The molecule has 0 spiro atoms. The van der Waals surface area contributed by atoms with Gasteiger partial charge in [-0.05, 0) is 31.0 Å². The lowest BCUT2D eigenvalue weighted by Crippen LogP contribution is -2.51. The summed E-state index contributed by atoms with van der Waals surface area (Å²) >= 11 is 1.38. The van der Waals surface area contributed by atoms with Gasteiger partial charge in [0, 0.05) is 36.6 Å². The summed E-state index contributed by atoms with van der Waals surface area (Å²) in [6.45, 7) is 2.37. The highest BCUT2D eigenvalue weighted by molar-refractivity contribution is 7.99. The number of amides is 1. The molecular weight excluding hydrogens is 386 g/mol. The molecule has 0 radical (unpaired) electrons. The summed E-state index contributed by atoms with van der Waals surface area (Å²) in [7, 11) is -3.43. The number of nitriles is 1. The quantitative estimate of drug-likeness (QED) is 0.686. The van der Waals surface area contributed by atoms with Gasteiger partial charge >= 0.3 is 0 Å². The third-order valence-electron chi connectivity index (χ3n) is 4.80. The monoisotopic (exact) mass is 409 g/mol. The zero-order valence-corrected chi connectivity index (χ0v) is 16.7. The molecule has 146 valence electrons. The maximum absolute atomic E-state index is 12.9. The number of thioether (sulfide) groups is 1. The number of ether oxygens (including phenoxy) is 1. The molecule has 0 aromatic heterocycles. The van der Waals surface area contributed by atoms with Crippen LogP contribution in [0.5, 0.6) is 0 Å². The van der Waals surface area contributed by atoms with Crippen LogP contribution < -0.4 is 0 Å². The van der Waals surface area contributed by atoms with Gasteiger partial charge in [-0.15, -0.1) is 11.8 Å². The topological polar surface area (TPSA) is 90.7 Å². The van der Waals surface area contributed by atoms with Crippen molar-refractivity contribution in [2.75, 3.05) is 45.1 Å². The van der Waals surface area contributed by atoms with Crippen LogP contribution in [0.25, 0.3) is 0 Å². The van der Waals surface area contributed by atoms with Gasteiger partial charge in [-0.3, -0.25) is 4.79 Å². The van der Waals surface area contributed by atoms with Gasteiger partial charge in [0.05, 0.1) is 30.3 Å². The summed E-state index contributed by atoms with van der Waals surface area (Å²) in [6.07, 6.45) is 1.24. The summed E-state index contributed by atoms with van der Waals surface area (Å²) in [5.41, 5.74) is 0.530. The Hall–Kier alpha value is -1.60. The van der Waals surface area contributed by atoms with Crippen molar-refractivity contribution in [1.29, 1.82) is 5.26 Å². The number of likely N-dealkylation sites (tertiary alicyclic amines) is 1. The molecule has 9 heteroatoms. The Morgan fingerprint density at radius 2 is 2.07 bits per heavy atom. The van der Waals surface area contributed by atoms with Crippen LogP contribution in [0.2, 0.25) is 0 Å². The number of sulfonamides is 1. The Morgan fingerprint density at radius 1 is 1.30 bits per heavy atom. The first kappa shape index (κ1) is 20.1. The maximum Gasteiger partial charge on any atom is 0.253 e. The molecule has 2 saturated heterocycles. The fraction of sp³-hybridized carbons (Fsp3) is 0.556. The molecule has 3 rings (SSSR count). The number of carbonyl (C=O) groups excluding carboxylic acids is 1. The van der Waals surface area contributed by atoms with Crippen LogP contribution in [-0.4, -0.2) is 73.9 Å². The summed E-state index contributed by atoms with van der Waals surface area (Å²) in [6, 6.07) is 9.22. The Labute approximate surface area is 164 Å². The summed E-state index contributed by atoms with van der Waals surface area (Å²) in [5.74, 6) is 0.164. The van der Waals surface area contributed by atoms with Gasteiger partial charge in [0.1, 0.15) is 0 Å². The number of morpholine rings is 1. The largest absolute Gasteiger partial charge is 0.379 e. The average molecular weight is 410 g/mol. The van der Waals surface area contributed by atoms with Gasteiger partial charge in [-0.1, -0.05) is 6.07 Å². The van der Waals surface area contributed by atoms with Gasteiger partial charge in [-0.25, -0.2) is 8.42 Å². The van der Waals surface area contributed by atoms with Crippen LogP contribution in [0.15, 0.2) is 29.2 Å². The van der Waals surface area contributed by atoms with Crippen molar-refractivity contribution in [1.82, 2.24) is 9.21 Å². The first-order chi connectivity index (χ1) is 13.0. The Kier molecular flexibility index (Phi) is 6.76. The van der Waals surface area contributed by atoms with E-state index in [4.69, 9.17) is 10.00 Å². The van der Waals surface area contributed by atoms with E-state index in [9.17, 15) is 13.2 Å². The van der Waals surface area contributed by atoms with Crippen LogP contribution in [0.1, 0.15) is 23.2 Å². The standard InChI is InChI=1S/C18H23N3O4S2/c19-6-12-26-16-4-1-3-15(13-16)18(22)20-7-2-5-17(14-20)27(23,24)21-8-10-25-11-9-21/h1,3-4,13,17H,2,5,7-12,14H2. The minimum absolute atomic E-state index is 0.156. The third-order valence-corrected chi connectivity index (χ3v) is 7.97. The second-order valence-electron chi connectivity index (χ2n) is 6.55. The van der Waals surface area contributed by atoms with E-state index in [0.29, 0.717) is 57.0 Å². The smallest absolute Gasteiger partial charge is 0.253 e. The molecule has 1 amide bonds. The van der Waals surface area contributed by atoms with Gasteiger partial charge in [0.15, 0.2) is 0 Å². The predicted molar refractivity (Wildman–Crippen MR) is 103 cm³/mol. The molecule has 1 unspecified atom stereocenters. The van der Waals surface area contributed by atoms with Crippen LogP contribution in [-0.2, 0) is 14.8 Å². The van der Waals surface area contributed by atoms with Crippen LogP contribution in [0.3, 0.4) is 0 Å². The lowest BCUT2D eigenvalue weighted by Gasteiger charge is -2.36. The third kappa shape index (κ3) is 4.82. The minimum Gasteiger partial charge on any atom is -0.379 e. The van der Waals surface area contributed by atoms with Crippen LogP contribution >= 0.6 is 11.8 Å². The first-order valence-corrected chi connectivity index (χ1v) is 11.5. The van der Waals surface area contributed by atoms with Gasteiger partial charge in [0.25, 0.3) is 5.91 Å². The highest BCUT2D eigenvalue weighted by Gasteiger charge is 2.37. The van der Waals surface area contributed by atoms with Crippen LogP contribution in [0, 0.1) is 11.3 Å². The van der Waals surface area contributed by atoms with E-state index in [-0.39, 0.29) is 12.5 Å². The van der Waals surface area contributed by atoms with E-state index in [1.165, 1.54) is 16.1 Å². The predicted octanol–water partition coefficient (Wildman–Crippen LogP) is 1.57. The molecular formula is C18H23N3O4S2. The zero-order chi connectivity index (χ0) is 19.3. The molecule has 1 aromatic carbocycles. The number of benzene rings is 1. The fourth-order valence-corrected chi connectivity index (χ4v) is 5.92. The van der Waals surface area contributed by atoms with Crippen molar-refractivity contribution in [3.8, 4) is 6.07 Å². The van der Waals surface area contributed by atoms with Crippen molar-refractivity contribution in [2.45, 2.75) is 23.0 Å². The van der Waals surface area contributed by atoms with Gasteiger partial charge in [-0.2, -0.15) is 9.57 Å². The molecule has 0 bridgehead atoms. The summed E-state index contributed by atoms with van der Waals surface area (Å²) < 4.78 is 32.6. The Bertz CT molecular complexity index is 816. The Balaban J connectivity index is 1.70. The van der Waals surface area contributed by atoms with Gasteiger partial charge in [0.2, 0.25) is 10.0 Å². The van der Waals surface area contributed by atoms with E-state index in [0.717, 1.165) is 4.90 Å². The molecule has 1 aromatic rings. The fourth-order valence-electron chi connectivity index (χ4n) is 3.39. The van der Waals surface area contributed by atoms with E-state index in [1.54, 1.807) is 23.1 Å². The summed E-state index contributed by atoms with van der Waals surface area (Å²) in [4.78, 5) is 15.4. The molecule has 0 N–H and O–H groups in total. The molecule has 1 atom stereocenters.